The van der Waals surface area contributed by atoms with E-state index < -0.39 is 11.4 Å². The van der Waals surface area contributed by atoms with Crippen LogP contribution in [0.5, 0.6) is 0 Å². The number of imidazole rings is 1. The van der Waals surface area contributed by atoms with Gasteiger partial charge in [0.25, 0.3) is 11.8 Å². The molecule has 1 aliphatic carbocycles. The topological polar surface area (TPSA) is 96.3 Å². The van der Waals surface area contributed by atoms with Crippen molar-refractivity contribution >= 4 is 29.3 Å². The van der Waals surface area contributed by atoms with Crippen LogP contribution in [-0.2, 0) is 24.3 Å². The minimum atomic E-state index is -1.16. The molecule has 1 fully saturated rings. The number of carbonyl (C=O) groups excluding carboxylic acids is 3. The maximum atomic E-state index is 13.7. The summed E-state index contributed by atoms with van der Waals surface area (Å²) >= 11 is 6.19. The van der Waals surface area contributed by atoms with Gasteiger partial charge in [-0.3, -0.25) is 14.4 Å². The van der Waals surface area contributed by atoms with E-state index in [-0.39, 0.29) is 48.2 Å². The van der Waals surface area contributed by atoms with E-state index in [0.717, 1.165) is 24.0 Å². The van der Waals surface area contributed by atoms with Crippen LogP contribution in [0, 0.1) is 5.82 Å². The molecule has 0 saturated heterocycles. The number of aromatic nitrogens is 2. The molecule has 0 radical (unpaired) electrons. The summed E-state index contributed by atoms with van der Waals surface area (Å²) in [6, 6.07) is 13.2. The SMILES string of the molecule is C[C@@]1(C(=O)NCc2ccc(F)cc2)Cn2cnc(C(=O)NCCc3ccccc3Cl)c2C(=O)N1C1CC1. The number of nitrogens with one attached hydrogen (secondary N) is 2. The molecule has 5 rings (SSSR count). The van der Waals surface area contributed by atoms with Crippen LogP contribution in [0.4, 0.5) is 4.39 Å². The molecule has 1 saturated carbocycles. The molecular weight excluding hydrogens is 497 g/mol. The van der Waals surface area contributed by atoms with Gasteiger partial charge in [0.05, 0.1) is 12.9 Å². The maximum Gasteiger partial charge on any atom is 0.274 e. The van der Waals surface area contributed by atoms with Gasteiger partial charge in [-0.2, -0.15) is 0 Å². The number of hydrogen-bond acceptors (Lipinski definition) is 4. The Morgan fingerprint density at radius 2 is 1.86 bits per heavy atom. The van der Waals surface area contributed by atoms with Crippen molar-refractivity contribution in [2.45, 2.75) is 50.9 Å². The summed E-state index contributed by atoms with van der Waals surface area (Å²) in [5.74, 6) is -1.51. The Kier molecular flexibility index (Phi) is 6.72. The zero-order valence-electron chi connectivity index (χ0n) is 20.3. The van der Waals surface area contributed by atoms with Crippen molar-refractivity contribution in [3.05, 3.63) is 88.2 Å². The molecule has 0 unspecified atom stereocenters. The van der Waals surface area contributed by atoms with Crippen molar-refractivity contribution in [1.82, 2.24) is 25.1 Å². The highest BCUT2D eigenvalue weighted by Gasteiger charge is 2.53. The van der Waals surface area contributed by atoms with Crippen LogP contribution in [-0.4, -0.2) is 50.3 Å². The molecule has 8 nitrogen and oxygen atoms in total. The normalized spacial score (nSPS) is 18.9. The first-order valence-electron chi connectivity index (χ1n) is 12.2. The minimum Gasteiger partial charge on any atom is -0.350 e. The summed E-state index contributed by atoms with van der Waals surface area (Å²) in [7, 11) is 0. The highest BCUT2D eigenvalue weighted by atomic mass is 35.5. The van der Waals surface area contributed by atoms with E-state index in [1.165, 1.54) is 18.5 Å². The van der Waals surface area contributed by atoms with Crippen molar-refractivity contribution in [2.75, 3.05) is 6.54 Å². The highest BCUT2D eigenvalue weighted by Crippen LogP contribution is 2.38. The Morgan fingerprint density at radius 1 is 1.14 bits per heavy atom. The van der Waals surface area contributed by atoms with Gasteiger partial charge in [0.2, 0.25) is 5.91 Å². The molecule has 37 heavy (non-hydrogen) atoms. The van der Waals surface area contributed by atoms with Gasteiger partial charge in [-0.25, -0.2) is 9.37 Å². The number of fused-ring (bicyclic) bond motifs is 1. The first-order chi connectivity index (χ1) is 17.8. The lowest BCUT2D eigenvalue weighted by atomic mass is 9.93. The third-order valence-electron chi connectivity index (χ3n) is 6.89. The monoisotopic (exact) mass is 523 g/mol. The molecule has 2 aromatic carbocycles. The largest absolute Gasteiger partial charge is 0.350 e. The fourth-order valence-corrected chi connectivity index (χ4v) is 5.02. The predicted molar refractivity (Wildman–Crippen MR) is 136 cm³/mol. The van der Waals surface area contributed by atoms with E-state index in [9.17, 15) is 18.8 Å². The Balaban J connectivity index is 1.32. The maximum absolute atomic E-state index is 13.7. The van der Waals surface area contributed by atoms with E-state index in [2.05, 4.69) is 15.6 Å². The van der Waals surface area contributed by atoms with Crippen LogP contribution in [0.25, 0.3) is 0 Å². The first-order valence-corrected chi connectivity index (χ1v) is 12.6. The quantitative estimate of drug-likeness (QED) is 0.473. The lowest BCUT2D eigenvalue weighted by Crippen LogP contribution is -2.64. The molecule has 2 heterocycles. The summed E-state index contributed by atoms with van der Waals surface area (Å²) in [6.07, 6.45) is 3.56. The fraction of sp³-hybridized carbons (Fsp3) is 0.333. The molecule has 1 aromatic heterocycles. The van der Waals surface area contributed by atoms with Crippen LogP contribution in [0.15, 0.2) is 54.9 Å². The number of halogens is 2. The first kappa shape index (κ1) is 25.0. The summed E-state index contributed by atoms with van der Waals surface area (Å²) in [4.78, 5) is 45.9. The molecule has 192 valence electrons. The number of rotatable bonds is 8. The fourth-order valence-electron chi connectivity index (χ4n) is 4.79. The van der Waals surface area contributed by atoms with Crippen LogP contribution in [0.1, 0.15) is 51.9 Å². The third kappa shape index (κ3) is 4.96. The zero-order valence-corrected chi connectivity index (χ0v) is 21.1. The van der Waals surface area contributed by atoms with Crippen LogP contribution in [0.2, 0.25) is 5.02 Å². The van der Waals surface area contributed by atoms with E-state index >= 15 is 0 Å². The number of hydrogen-bond donors (Lipinski definition) is 2. The molecule has 1 aliphatic heterocycles. The van der Waals surface area contributed by atoms with E-state index in [4.69, 9.17) is 11.6 Å². The number of carbonyl (C=O) groups is 3. The Bertz CT molecular complexity index is 1350. The van der Waals surface area contributed by atoms with Gasteiger partial charge in [-0.15, -0.1) is 0 Å². The molecule has 1 atom stereocenters. The van der Waals surface area contributed by atoms with Gasteiger partial charge in [0.15, 0.2) is 5.69 Å². The smallest absolute Gasteiger partial charge is 0.274 e. The van der Waals surface area contributed by atoms with Gasteiger partial charge < -0.3 is 20.1 Å². The summed E-state index contributed by atoms with van der Waals surface area (Å²) in [5, 5.41) is 6.35. The Morgan fingerprint density at radius 3 is 2.57 bits per heavy atom. The van der Waals surface area contributed by atoms with E-state index in [0.29, 0.717) is 18.0 Å². The molecule has 2 N–H and O–H groups in total. The Labute approximate surface area is 218 Å². The predicted octanol–water partition coefficient (Wildman–Crippen LogP) is 3.34. The van der Waals surface area contributed by atoms with Crippen molar-refractivity contribution < 1.29 is 18.8 Å². The highest BCUT2D eigenvalue weighted by molar-refractivity contribution is 6.31. The zero-order chi connectivity index (χ0) is 26.2. The van der Waals surface area contributed by atoms with Crippen molar-refractivity contribution in [2.24, 2.45) is 0 Å². The molecular formula is C27H27ClFN5O3. The van der Waals surface area contributed by atoms with E-state index in [1.807, 2.05) is 18.2 Å². The lowest BCUT2D eigenvalue weighted by Gasteiger charge is -2.44. The lowest BCUT2D eigenvalue weighted by molar-refractivity contribution is -0.133. The molecule has 3 aromatic rings. The average molecular weight is 524 g/mol. The summed E-state index contributed by atoms with van der Waals surface area (Å²) in [6.45, 7) is 2.44. The van der Waals surface area contributed by atoms with Crippen molar-refractivity contribution in [3.8, 4) is 0 Å². The average Bonchev–Trinajstić information content (AvgIpc) is 3.62. The van der Waals surface area contributed by atoms with Gasteiger partial charge in [-0.05, 0) is 55.5 Å². The number of benzene rings is 2. The molecule has 3 amide bonds. The van der Waals surface area contributed by atoms with Crippen LogP contribution < -0.4 is 10.6 Å². The van der Waals surface area contributed by atoms with Crippen LogP contribution >= 0.6 is 11.6 Å². The molecule has 0 spiro atoms. The van der Waals surface area contributed by atoms with Crippen LogP contribution in [0.3, 0.4) is 0 Å². The second-order valence-electron chi connectivity index (χ2n) is 9.66. The Hall–Kier alpha value is -3.72. The number of nitrogens with zero attached hydrogens (tertiary/aromatic N) is 3. The summed E-state index contributed by atoms with van der Waals surface area (Å²) < 4.78 is 14.8. The molecule has 0 bridgehead atoms. The molecule has 2 aliphatic rings. The third-order valence-corrected chi connectivity index (χ3v) is 7.26. The van der Waals surface area contributed by atoms with Crippen molar-refractivity contribution in [3.63, 3.8) is 0 Å². The van der Waals surface area contributed by atoms with Gasteiger partial charge in [0.1, 0.15) is 17.1 Å². The van der Waals surface area contributed by atoms with Gasteiger partial charge in [0, 0.05) is 24.2 Å². The summed E-state index contributed by atoms with van der Waals surface area (Å²) in [5.41, 5.74) is 0.728. The van der Waals surface area contributed by atoms with Crippen molar-refractivity contribution in [1.29, 1.82) is 0 Å². The van der Waals surface area contributed by atoms with Gasteiger partial charge in [-0.1, -0.05) is 41.9 Å². The standard InChI is InChI=1S/C27H27ClFN5O3/c1-27(26(37)31-14-17-6-8-19(29)9-7-17)15-33-16-32-22(23(33)25(36)34(27)20-10-11-20)24(35)30-13-12-18-4-2-3-5-21(18)28/h2-9,16,20H,10-15H2,1H3,(H,30,35)(H,31,37)/t27-/m0/s1. The van der Waals surface area contributed by atoms with Gasteiger partial charge >= 0.3 is 0 Å². The molecule has 10 heteroatoms. The number of amides is 3. The van der Waals surface area contributed by atoms with E-state index in [1.54, 1.807) is 34.6 Å². The second kappa shape index (κ2) is 9.97. The second-order valence-corrected chi connectivity index (χ2v) is 10.1. The minimum absolute atomic E-state index is 0.0450.